The van der Waals surface area contributed by atoms with Crippen molar-refractivity contribution in [3.63, 3.8) is 0 Å². The maximum atomic E-state index is 11.1. The van der Waals surface area contributed by atoms with Gasteiger partial charge in [-0.05, 0) is 32.0 Å². The van der Waals surface area contributed by atoms with Gasteiger partial charge in [-0.25, -0.2) is 0 Å². The molecule has 0 aromatic heterocycles. The van der Waals surface area contributed by atoms with E-state index in [0.717, 1.165) is 10.2 Å². The Labute approximate surface area is 116 Å². The minimum Gasteiger partial charge on any atom is -0.492 e. The molecular weight excluding hydrogens is 296 g/mol. The molecule has 3 N–H and O–H groups in total. The highest BCUT2D eigenvalue weighted by Gasteiger charge is 2.23. The highest BCUT2D eigenvalue weighted by Crippen LogP contribution is 2.17. The number of nitrogens with one attached hydrogen (secondary N) is 1. The Morgan fingerprint density at radius 1 is 1.50 bits per heavy atom. The molecule has 0 unspecified atom stereocenters. The summed E-state index contributed by atoms with van der Waals surface area (Å²) in [6, 6.07) is 7.68. The van der Waals surface area contributed by atoms with Crippen LogP contribution in [0, 0.1) is 5.41 Å². The third kappa shape index (κ3) is 5.06. The Kier molecular flexibility index (Phi) is 5.62. The van der Waals surface area contributed by atoms with Crippen LogP contribution in [0.5, 0.6) is 5.75 Å². The number of hydrogen-bond donors (Lipinski definition) is 2. The van der Waals surface area contributed by atoms with Gasteiger partial charge in [0.2, 0.25) is 5.91 Å². The lowest BCUT2D eigenvalue weighted by Crippen LogP contribution is -2.41. The van der Waals surface area contributed by atoms with E-state index in [1.54, 1.807) is 0 Å². The standard InChI is InChI=1S/C13H19BrN2O2/c1-13(2,12(15)17)9-16-6-7-18-11-5-3-4-10(14)8-11/h3-5,8,16H,6-7,9H2,1-2H3,(H2,15,17). The molecule has 0 heterocycles. The van der Waals surface area contributed by atoms with E-state index >= 15 is 0 Å². The van der Waals surface area contributed by atoms with E-state index in [9.17, 15) is 4.79 Å². The SMILES string of the molecule is CC(C)(CNCCOc1cccc(Br)c1)C(N)=O. The summed E-state index contributed by atoms with van der Waals surface area (Å²) < 4.78 is 6.54. The molecule has 0 saturated heterocycles. The summed E-state index contributed by atoms with van der Waals surface area (Å²) in [6.07, 6.45) is 0. The smallest absolute Gasteiger partial charge is 0.224 e. The van der Waals surface area contributed by atoms with Gasteiger partial charge in [-0.3, -0.25) is 4.79 Å². The van der Waals surface area contributed by atoms with Gasteiger partial charge in [0, 0.05) is 17.6 Å². The van der Waals surface area contributed by atoms with E-state index in [1.165, 1.54) is 0 Å². The zero-order valence-corrected chi connectivity index (χ0v) is 12.3. The fourth-order valence-electron chi connectivity index (χ4n) is 1.29. The lowest BCUT2D eigenvalue weighted by molar-refractivity contribution is -0.125. The van der Waals surface area contributed by atoms with Crippen molar-refractivity contribution in [1.82, 2.24) is 5.32 Å². The van der Waals surface area contributed by atoms with Crippen LogP contribution in [0.4, 0.5) is 0 Å². The van der Waals surface area contributed by atoms with E-state index < -0.39 is 5.41 Å². The van der Waals surface area contributed by atoms with Crippen LogP contribution >= 0.6 is 15.9 Å². The first-order valence-electron chi connectivity index (χ1n) is 5.81. The first kappa shape index (κ1) is 15.0. The number of amides is 1. The summed E-state index contributed by atoms with van der Waals surface area (Å²) in [5.74, 6) is 0.517. The molecule has 1 rings (SSSR count). The average molecular weight is 315 g/mol. The molecule has 0 aliphatic carbocycles. The number of carbonyl (C=O) groups is 1. The number of halogens is 1. The van der Waals surface area contributed by atoms with Crippen molar-refractivity contribution in [3.8, 4) is 5.75 Å². The van der Waals surface area contributed by atoms with Gasteiger partial charge in [-0.15, -0.1) is 0 Å². The Bertz CT molecular complexity index is 408. The predicted octanol–water partition coefficient (Wildman–Crippen LogP) is 1.93. The van der Waals surface area contributed by atoms with Gasteiger partial charge in [-0.1, -0.05) is 22.0 Å². The second kappa shape index (κ2) is 6.75. The second-order valence-corrected chi connectivity index (χ2v) is 5.65. The number of carbonyl (C=O) groups excluding carboxylic acids is 1. The van der Waals surface area contributed by atoms with Crippen molar-refractivity contribution >= 4 is 21.8 Å². The minimum atomic E-state index is -0.532. The third-order valence-corrected chi connectivity index (χ3v) is 3.07. The van der Waals surface area contributed by atoms with Crippen LogP contribution in [0.3, 0.4) is 0 Å². The molecule has 1 amide bonds. The minimum absolute atomic E-state index is 0.303. The van der Waals surface area contributed by atoms with Crippen molar-refractivity contribution in [2.45, 2.75) is 13.8 Å². The molecule has 0 saturated carbocycles. The molecule has 0 fully saturated rings. The summed E-state index contributed by atoms with van der Waals surface area (Å²) in [4.78, 5) is 11.1. The van der Waals surface area contributed by atoms with Crippen molar-refractivity contribution in [2.24, 2.45) is 11.1 Å². The van der Waals surface area contributed by atoms with Crippen LogP contribution in [-0.4, -0.2) is 25.6 Å². The van der Waals surface area contributed by atoms with Gasteiger partial charge in [0.05, 0.1) is 5.41 Å². The predicted molar refractivity (Wildman–Crippen MR) is 75.5 cm³/mol. The Morgan fingerprint density at radius 2 is 2.22 bits per heavy atom. The van der Waals surface area contributed by atoms with Crippen LogP contribution in [0.15, 0.2) is 28.7 Å². The number of primary amides is 1. The molecule has 0 aliphatic heterocycles. The molecule has 0 spiro atoms. The van der Waals surface area contributed by atoms with Crippen molar-refractivity contribution in [1.29, 1.82) is 0 Å². The van der Waals surface area contributed by atoms with E-state index in [2.05, 4.69) is 21.2 Å². The molecule has 18 heavy (non-hydrogen) atoms. The van der Waals surface area contributed by atoms with Gasteiger partial charge in [-0.2, -0.15) is 0 Å². The van der Waals surface area contributed by atoms with Crippen LogP contribution in [-0.2, 0) is 4.79 Å². The van der Waals surface area contributed by atoms with Gasteiger partial charge < -0.3 is 15.8 Å². The molecule has 0 atom stereocenters. The van der Waals surface area contributed by atoms with Gasteiger partial charge in [0.1, 0.15) is 12.4 Å². The van der Waals surface area contributed by atoms with Crippen molar-refractivity contribution in [3.05, 3.63) is 28.7 Å². The first-order chi connectivity index (χ1) is 8.42. The Hall–Kier alpha value is -1.07. The van der Waals surface area contributed by atoms with Crippen LogP contribution in [0.2, 0.25) is 0 Å². The quantitative estimate of drug-likeness (QED) is 0.756. The molecule has 0 radical (unpaired) electrons. The third-order valence-electron chi connectivity index (χ3n) is 2.58. The number of ether oxygens (including phenoxy) is 1. The van der Waals surface area contributed by atoms with E-state index in [4.69, 9.17) is 10.5 Å². The van der Waals surface area contributed by atoms with Crippen LogP contribution in [0.1, 0.15) is 13.8 Å². The summed E-state index contributed by atoms with van der Waals surface area (Å²) in [7, 11) is 0. The number of benzene rings is 1. The Balaban J connectivity index is 2.22. The Morgan fingerprint density at radius 3 is 2.83 bits per heavy atom. The topological polar surface area (TPSA) is 64.3 Å². The van der Waals surface area contributed by atoms with Crippen molar-refractivity contribution in [2.75, 3.05) is 19.7 Å². The monoisotopic (exact) mass is 314 g/mol. The molecule has 1 aromatic carbocycles. The highest BCUT2D eigenvalue weighted by molar-refractivity contribution is 9.10. The fourth-order valence-corrected chi connectivity index (χ4v) is 1.66. The highest BCUT2D eigenvalue weighted by atomic mass is 79.9. The fraction of sp³-hybridized carbons (Fsp3) is 0.462. The van der Waals surface area contributed by atoms with Crippen LogP contribution in [0.25, 0.3) is 0 Å². The number of hydrogen-bond acceptors (Lipinski definition) is 3. The molecule has 100 valence electrons. The second-order valence-electron chi connectivity index (χ2n) is 4.73. The average Bonchev–Trinajstić information content (AvgIpc) is 2.28. The molecule has 5 heteroatoms. The number of nitrogens with two attached hydrogens (primary N) is 1. The molecule has 0 aliphatic rings. The van der Waals surface area contributed by atoms with Crippen LogP contribution < -0.4 is 15.8 Å². The zero-order chi connectivity index (χ0) is 13.6. The van der Waals surface area contributed by atoms with E-state index in [-0.39, 0.29) is 5.91 Å². The largest absolute Gasteiger partial charge is 0.492 e. The summed E-state index contributed by atoms with van der Waals surface area (Å²) in [5, 5.41) is 3.15. The normalized spacial score (nSPS) is 11.3. The van der Waals surface area contributed by atoms with E-state index in [1.807, 2.05) is 38.1 Å². The lowest BCUT2D eigenvalue weighted by Gasteiger charge is -2.20. The first-order valence-corrected chi connectivity index (χ1v) is 6.60. The van der Waals surface area contributed by atoms with Gasteiger partial charge in [0.25, 0.3) is 0 Å². The number of rotatable bonds is 7. The molecule has 1 aromatic rings. The summed E-state index contributed by atoms with van der Waals surface area (Å²) in [6.45, 7) is 5.40. The van der Waals surface area contributed by atoms with Crippen molar-refractivity contribution < 1.29 is 9.53 Å². The van der Waals surface area contributed by atoms with Gasteiger partial charge >= 0.3 is 0 Å². The zero-order valence-electron chi connectivity index (χ0n) is 10.7. The summed E-state index contributed by atoms with van der Waals surface area (Å²) in [5.41, 5.74) is 4.75. The summed E-state index contributed by atoms with van der Waals surface area (Å²) >= 11 is 3.38. The lowest BCUT2D eigenvalue weighted by atomic mass is 9.93. The van der Waals surface area contributed by atoms with Gasteiger partial charge in [0.15, 0.2) is 0 Å². The maximum absolute atomic E-state index is 11.1. The molecule has 4 nitrogen and oxygen atoms in total. The molecule has 0 bridgehead atoms. The van der Waals surface area contributed by atoms with E-state index in [0.29, 0.717) is 19.7 Å². The maximum Gasteiger partial charge on any atom is 0.224 e. The molecular formula is C13H19BrN2O2.